The highest BCUT2D eigenvalue weighted by atomic mass is 32.1. The zero-order valence-electron chi connectivity index (χ0n) is 10.3. The molecule has 0 saturated carbocycles. The molecular formula is C13H15FN2O2S. The van der Waals surface area contributed by atoms with Gasteiger partial charge in [-0.1, -0.05) is 12.2 Å². The van der Waals surface area contributed by atoms with E-state index in [-0.39, 0.29) is 16.8 Å². The second-order valence-corrected chi connectivity index (χ2v) is 4.87. The second kappa shape index (κ2) is 6.08. The van der Waals surface area contributed by atoms with Crippen LogP contribution in [0.25, 0.3) is 0 Å². The average Bonchev–Trinajstić information content (AvgIpc) is 2.41. The maximum absolute atomic E-state index is 13.2. The smallest absolute Gasteiger partial charge is 0.227 e. The van der Waals surface area contributed by atoms with Crippen LogP contribution in [0.2, 0.25) is 0 Å². The molecule has 1 fully saturated rings. The topological polar surface area (TPSA) is 64.3 Å². The lowest BCUT2D eigenvalue weighted by Crippen LogP contribution is -2.29. The summed E-state index contributed by atoms with van der Waals surface area (Å²) >= 11 is 4.86. The Morgan fingerprint density at radius 2 is 2.11 bits per heavy atom. The predicted molar refractivity (Wildman–Crippen MR) is 74.5 cm³/mol. The van der Waals surface area contributed by atoms with Crippen LogP contribution in [0.5, 0.6) is 0 Å². The third kappa shape index (κ3) is 3.48. The Morgan fingerprint density at radius 3 is 2.74 bits per heavy atom. The molecule has 1 aliphatic heterocycles. The number of carbonyl (C=O) groups is 1. The largest absolute Gasteiger partial charge is 0.389 e. The van der Waals surface area contributed by atoms with Gasteiger partial charge in [-0.05, 0) is 31.0 Å². The molecule has 1 aliphatic rings. The van der Waals surface area contributed by atoms with Crippen molar-refractivity contribution in [3.05, 3.63) is 29.6 Å². The Labute approximate surface area is 116 Å². The zero-order chi connectivity index (χ0) is 13.8. The van der Waals surface area contributed by atoms with Gasteiger partial charge in [0, 0.05) is 24.7 Å². The summed E-state index contributed by atoms with van der Waals surface area (Å²) in [6.45, 7) is 1.17. The maximum Gasteiger partial charge on any atom is 0.227 e. The number of benzene rings is 1. The summed E-state index contributed by atoms with van der Waals surface area (Å²) in [4.78, 5) is 12.1. The molecule has 1 saturated heterocycles. The van der Waals surface area contributed by atoms with Gasteiger partial charge in [-0.2, -0.15) is 0 Å². The standard InChI is InChI=1S/C13H15FN2O2S/c14-9-1-2-11(10(7-9)12(15)19)16-13(17)8-3-5-18-6-4-8/h1-2,7-8H,3-6H2,(H2,15,19)(H,16,17). The van der Waals surface area contributed by atoms with Crippen LogP contribution in [0.1, 0.15) is 18.4 Å². The number of carbonyl (C=O) groups excluding carboxylic acids is 1. The van der Waals surface area contributed by atoms with E-state index in [1.54, 1.807) is 0 Å². The van der Waals surface area contributed by atoms with Crippen molar-refractivity contribution in [2.75, 3.05) is 18.5 Å². The van der Waals surface area contributed by atoms with Crippen molar-refractivity contribution in [2.45, 2.75) is 12.8 Å². The number of ether oxygens (including phenoxy) is 1. The molecule has 102 valence electrons. The van der Waals surface area contributed by atoms with Gasteiger partial charge in [0.1, 0.15) is 10.8 Å². The minimum atomic E-state index is -0.438. The summed E-state index contributed by atoms with van der Waals surface area (Å²) in [6, 6.07) is 3.96. The number of nitrogens with two attached hydrogens (primary N) is 1. The fraction of sp³-hybridized carbons (Fsp3) is 0.385. The molecule has 0 unspecified atom stereocenters. The quantitative estimate of drug-likeness (QED) is 0.830. The maximum atomic E-state index is 13.2. The van der Waals surface area contributed by atoms with Gasteiger partial charge in [0.25, 0.3) is 0 Å². The third-order valence-corrected chi connectivity index (χ3v) is 3.32. The SMILES string of the molecule is NC(=S)c1cc(F)ccc1NC(=O)C1CCOCC1. The molecule has 6 heteroatoms. The lowest BCUT2D eigenvalue weighted by molar-refractivity contribution is -0.122. The van der Waals surface area contributed by atoms with Crippen LogP contribution in [0.3, 0.4) is 0 Å². The molecule has 0 aromatic heterocycles. The first-order valence-corrected chi connectivity index (χ1v) is 6.46. The van der Waals surface area contributed by atoms with Crippen LogP contribution in [0.15, 0.2) is 18.2 Å². The van der Waals surface area contributed by atoms with E-state index in [1.807, 2.05) is 0 Å². The molecule has 2 rings (SSSR count). The van der Waals surface area contributed by atoms with Crippen molar-refractivity contribution in [3.8, 4) is 0 Å². The van der Waals surface area contributed by atoms with Crippen molar-refractivity contribution in [1.29, 1.82) is 0 Å². The predicted octanol–water partition coefficient (Wildman–Crippen LogP) is 1.83. The molecular weight excluding hydrogens is 267 g/mol. The van der Waals surface area contributed by atoms with Crippen molar-refractivity contribution >= 4 is 28.8 Å². The minimum Gasteiger partial charge on any atom is -0.389 e. The van der Waals surface area contributed by atoms with Crippen LogP contribution in [0, 0.1) is 11.7 Å². The van der Waals surface area contributed by atoms with E-state index in [4.69, 9.17) is 22.7 Å². The van der Waals surface area contributed by atoms with Crippen molar-refractivity contribution in [2.24, 2.45) is 11.7 Å². The molecule has 0 bridgehead atoms. The number of rotatable bonds is 3. The van der Waals surface area contributed by atoms with Gasteiger partial charge in [0.2, 0.25) is 5.91 Å². The number of hydrogen-bond donors (Lipinski definition) is 2. The first-order valence-electron chi connectivity index (χ1n) is 6.06. The summed E-state index contributed by atoms with van der Waals surface area (Å²) in [5.74, 6) is -0.628. The molecule has 1 heterocycles. The van der Waals surface area contributed by atoms with E-state index in [2.05, 4.69) is 5.32 Å². The lowest BCUT2D eigenvalue weighted by atomic mass is 9.99. The fourth-order valence-corrected chi connectivity index (χ4v) is 2.19. The van der Waals surface area contributed by atoms with Gasteiger partial charge in [0.15, 0.2) is 0 Å². The van der Waals surface area contributed by atoms with Crippen LogP contribution >= 0.6 is 12.2 Å². The van der Waals surface area contributed by atoms with Gasteiger partial charge in [0.05, 0.1) is 5.69 Å². The Hall–Kier alpha value is -1.53. The van der Waals surface area contributed by atoms with E-state index in [1.165, 1.54) is 18.2 Å². The van der Waals surface area contributed by atoms with E-state index < -0.39 is 5.82 Å². The number of nitrogens with one attached hydrogen (secondary N) is 1. The highest BCUT2D eigenvalue weighted by molar-refractivity contribution is 7.80. The minimum absolute atomic E-state index is 0.0572. The Balaban J connectivity index is 2.13. The molecule has 19 heavy (non-hydrogen) atoms. The highest BCUT2D eigenvalue weighted by Gasteiger charge is 2.22. The Morgan fingerprint density at radius 1 is 1.42 bits per heavy atom. The van der Waals surface area contributed by atoms with Crippen LogP contribution < -0.4 is 11.1 Å². The van der Waals surface area contributed by atoms with Gasteiger partial charge < -0.3 is 15.8 Å². The van der Waals surface area contributed by atoms with E-state index in [0.717, 1.165) is 0 Å². The molecule has 1 aromatic carbocycles. The molecule has 4 nitrogen and oxygen atoms in total. The van der Waals surface area contributed by atoms with Gasteiger partial charge in [-0.15, -0.1) is 0 Å². The average molecular weight is 282 g/mol. The van der Waals surface area contributed by atoms with Gasteiger partial charge >= 0.3 is 0 Å². The first kappa shape index (κ1) is 13.9. The molecule has 1 aromatic rings. The summed E-state index contributed by atoms with van der Waals surface area (Å²) in [5.41, 5.74) is 6.32. The number of halogens is 1. The Bertz CT molecular complexity index is 501. The second-order valence-electron chi connectivity index (χ2n) is 4.43. The number of thiocarbonyl (C=S) groups is 1. The van der Waals surface area contributed by atoms with E-state index in [9.17, 15) is 9.18 Å². The number of hydrogen-bond acceptors (Lipinski definition) is 3. The van der Waals surface area contributed by atoms with Gasteiger partial charge in [-0.25, -0.2) is 4.39 Å². The molecule has 0 spiro atoms. The van der Waals surface area contributed by atoms with Crippen LogP contribution in [-0.4, -0.2) is 24.1 Å². The number of amides is 1. The van der Waals surface area contributed by atoms with Crippen molar-refractivity contribution in [3.63, 3.8) is 0 Å². The van der Waals surface area contributed by atoms with E-state index in [0.29, 0.717) is 37.3 Å². The highest BCUT2D eigenvalue weighted by Crippen LogP contribution is 2.21. The molecule has 1 amide bonds. The third-order valence-electron chi connectivity index (χ3n) is 3.10. The summed E-state index contributed by atoms with van der Waals surface area (Å²) in [5, 5.41) is 2.76. The summed E-state index contributed by atoms with van der Waals surface area (Å²) < 4.78 is 18.4. The molecule has 0 aliphatic carbocycles. The van der Waals surface area contributed by atoms with Crippen molar-refractivity contribution < 1.29 is 13.9 Å². The summed E-state index contributed by atoms with van der Waals surface area (Å²) in [6.07, 6.45) is 1.38. The number of anilines is 1. The molecule has 3 N–H and O–H groups in total. The summed E-state index contributed by atoms with van der Waals surface area (Å²) in [7, 11) is 0. The van der Waals surface area contributed by atoms with Crippen LogP contribution in [0.4, 0.5) is 10.1 Å². The Kier molecular flexibility index (Phi) is 4.44. The van der Waals surface area contributed by atoms with Crippen molar-refractivity contribution in [1.82, 2.24) is 0 Å². The monoisotopic (exact) mass is 282 g/mol. The van der Waals surface area contributed by atoms with Gasteiger partial charge in [-0.3, -0.25) is 4.79 Å². The lowest BCUT2D eigenvalue weighted by Gasteiger charge is -2.21. The van der Waals surface area contributed by atoms with E-state index >= 15 is 0 Å². The zero-order valence-corrected chi connectivity index (χ0v) is 11.1. The molecule has 0 radical (unpaired) electrons. The fourth-order valence-electron chi connectivity index (χ4n) is 2.02. The molecule has 0 atom stereocenters. The normalized spacial score (nSPS) is 16.1. The first-order chi connectivity index (χ1) is 9.08. The van der Waals surface area contributed by atoms with Crippen LogP contribution in [-0.2, 0) is 9.53 Å².